The highest BCUT2D eigenvalue weighted by molar-refractivity contribution is 6.18. The fraction of sp³-hybridized carbons (Fsp3) is 0.259. The fourth-order valence-corrected chi connectivity index (χ4v) is 4.59. The number of nitrogens with zero attached hydrogens (tertiary/aromatic N) is 2. The summed E-state index contributed by atoms with van der Waals surface area (Å²) in [5.41, 5.74) is 4.01. The second kappa shape index (κ2) is 11.6. The van der Waals surface area contributed by atoms with E-state index in [1.807, 2.05) is 55.5 Å². The largest absolute Gasteiger partial charge is 0.492 e. The SMILES string of the molecule is Cc1cccc2c(Nc3cccc(OCCN(CCCl)CCCl)c3)c3cccc(C(=O)O)c3nc12. The Labute approximate surface area is 214 Å². The number of anilines is 2. The zero-order valence-corrected chi connectivity index (χ0v) is 20.9. The molecule has 6 nitrogen and oxygen atoms in total. The van der Waals surface area contributed by atoms with Crippen LogP contribution in [0.5, 0.6) is 5.75 Å². The highest BCUT2D eigenvalue weighted by Crippen LogP contribution is 2.36. The van der Waals surface area contributed by atoms with Crippen LogP contribution < -0.4 is 10.1 Å². The van der Waals surface area contributed by atoms with E-state index in [0.717, 1.165) is 58.6 Å². The van der Waals surface area contributed by atoms with E-state index in [9.17, 15) is 9.90 Å². The van der Waals surface area contributed by atoms with Crippen LogP contribution in [0.15, 0.2) is 60.7 Å². The number of carbonyl (C=O) groups is 1. The number of aromatic nitrogens is 1. The highest BCUT2D eigenvalue weighted by atomic mass is 35.5. The molecule has 0 bridgehead atoms. The summed E-state index contributed by atoms with van der Waals surface area (Å²) in [6, 6.07) is 18.9. The number of aryl methyl sites for hydroxylation is 1. The minimum atomic E-state index is -1.00. The molecule has 0 saturated carbocycles. The molecule has 182 valence electrons. The van der Waals surface area contributed by atoms with Crippen LogP contribution in [-0.4, -0.2) is 59.0 Å². The number of hydrogen-bond acceptors (Lipinski definition) is 5. The van der Waals surface area contributed by atoms with Gasteiger partial charge in [0, 0.05) is 53.9 Å². The number of halogens is 2. The Kier molecular flexibility index (Phi) is 8.29. The Bertz CT molecular complexity index is 1340. The number of nitrogens with one attached hydrogen (secondary N) is 1. The lowest BCUT2D eigenvalue weighted by molar-refractivity contribution is 0.0699. The maximum atomic E-state index is 11.9. The average Bonchev–Trinajstić information content (AvgIpc) is 2.84. The van der Waals surface area contributed by atoms with Crippen molar-refractivity contribution < 1.29 is 14.6 Å². The van der Waals surface area contributed by atoms with Gasteiger partial charge in [0.1, 0.15) is 12.4 Å². The van der Waals surface area contributed by atoms with Gasteiger partial charge in [0.2, 0.25) is 0 Å². The van der Waals surface area contributed by atoms with E-state index < -0.39 is 5.97 Å². The summed E-state index contributed by atoms with van der Waals surface area (Å²) in [6.45, 7) is 4.74. The van der Waals surface area contributed by atoms with Crippen molar-refractivity contribution in [1.29, 1.82) is 0 Å². The summed E-state index contributed by atoms with van der Waals surface area (Å²) in [5.74, 6) is 0.826. The van der Waals surface area contributed by atoms with Gasteiger partial charge in [-0.25, -0.2) is 9.78 Å². The molecular formula is C27H27Cl2N3O3. The van der Waals surface area contributed by atoms with Crippen molar-refractivity contribution >= 4 is 62.4 Å². The Morgan fingerprint density at radius 3 is 2.37 bits per heavy atom. The van der Waals surface area contributed by atoms with Crippen LogP contribution >= 0.6 is 23.2 Å². The molecule has 0 atom stereocenters. The minimum absolute atomic E-state index is 0.172. The summed E-state index contributed by atoms with van der Waals surface area (Å²) < 4.78 is 5.99. The van der Waals surface area contributed by atoms with Crippen LogP contribution in [0.2, 0.25) is 0 Å². The minimum Gasteiger partial charge on any atom is -0.492 e. The molecule has 0 unspecified atom stereocenters. The van der Waals surface area contributed by atoms with E-state index in [0.29, 0.717) is 23.9 Å². The molecule has 0 aliphatic carbocycles. The molecular weight excluding hydrogens is 485 g/mol. The van der Waals surface area contributed by atoms with Crippen molar-refractivity contribution in [3.05, 3.63) is 71.8 Å². The predicted molar refractivity (Wildman–Crippen MR) is 144 cm³/mol. The number of rotatable bonds is 11. The lowest BCUT2D eigenvalue weighted by Crippen LogP contribution is -2.32. The van der Waals surface area contributed by atoms with E-state index in [1.165, 1.54) is 0 Å². The van der Waals surface area contributed by atoms with E-state index >= 15 is 0 Å². The van der Waals surface area contributed by atoms with Gasteiger partial charge in [0.25, 0.3) is 0 Å². The van der Waals surface area contributed by atoms with Gasteiger partial charge in [-0.15, -0.1) is 23.2 Å². The highest BCUT2D eigenvalue weighted by Gasteiger charge is 2.16. The number of fused-ring (bicyclic) bond motifs is 2. The molecule has 3 aromatic carbocycles. The first kappa shape index (κ1) is 25.0. The molecule has 0 fully saturated rings. The van der Waals surface area contributed by atoms with Gasteiger partial charge in [-0.1, -0.05) is 36.4 Å². The number of benzene rings is 3. The Morgan fingerprint density at radius 2 is 1.66 bits per heavy atom. The number of carboxylic acids is 1. The Balaban J connectivity index is 1.66. The maximum absolute atomic E-state index is 11.9. The van der Waals surface area contributed by atoms with Crippen molar-refractivity contribution in [1.82, 2.24) is 9.88 Å². The van der Waals surface area contributed by atoms with Gasteiger partial charge in [-0.2, -0.15) is 0 Å². The van der Waals surface area contributed by atoms with Gasteiger partial charge >= 0.3 is 5.97 Å². The third-order valence-electron chi connectivity index (χ3n) is 5.85. The smallest absolute Gasteiger partial charge is 0.337 e. The first-order chi connectivity index (χ1) is 17.0. The van der Waals surface area contributed by atoms with Gasteiger partial charge in [0.15, 0.2) is 0 Å². The van der Waals surface area contributed by atoms with Crippen LogP contribution in [-0.2, 0) is 0 Å². The predicted octanol–water partition coefficient (Wildman–Crippen LogP) is 6.30. The maximum Gasteiger partial charge on any atom is 0.337 e. The second-order valence-electron chi connectivity index (χ2n) is 8.19. The number of aromatic carboxylic acids is 1. The molecule has 0 amide bonds. The Hall–Kier alpha value is -3.06. The quantitative estimate of drug-likeness (QED) is 0.182. The molecule has 35 heavy (non-hydrogen) atoms. The number of ether oxygens (including phenoxy) is 1. The molecule has 4 rings (SSSR count). The van der Waals surface area contributed by atoms with E-state index in [-0.39, 0.29) is 5.56 Å². The van der Waals surface area contributed by atoms with Crippen molar-refractivity contribution in [2.75, 3.05) is 43.3 Å². The second-order valence-corrected chi connectivity index (χ2v) is 8.94. The number of carboxylic acid groups (broad SMARTS) is 1. The monoisotopic (exact) mass is 511 g/mol. The zero-order valence-electron chi connectivity index (χ0n) is 19.4. The lowest BCUT2D eigenvalue weighted by Gasteiger charge is -2.20. The summed E-state index contributed by atoms with van der Waals surface area (Å²) in [7, 11) is 0. The Morgan fingerprint density at radius 1 is 0.971 bits per heavy atom. The number of pyridine rings is 1. The molecule has 4 aromatic rings. The lowest BCUT2D eigenvalue weighted by atomic mass is 10.0. The normalized spacial score (nSPS) is 11.3. The van der Waals surface area contributed by atoms with Crippen LogP contribution in [0.1, 0.15) is 15.9 Å². The van der Waals surface area contributed by atoms with E-state index in [4.69, 9.17) is 32.9 Å². The molecule has 0 radical (unpaired) electrons. The number of alkyl halides is 2. The van der Waals surface area contributed by atoms with E-state index in [1.54, 1.807) is 12.1 Å². The zero-order chi connectivity index (χ0) is 24.8. The molecule has 1 heterocycles. The molecule has 0 spiro atoms. The van der Waals surface area contributed by atoms with Gasteiger partial charge in [-0.3, -0.25) is 4.90 Å². The first-order valence-corrected chi connectivity index (χ1v) is 12.5. The molecule has 0 saturated heterocycles. The van der Waals surface area contributed by atoms with Crippen LogP contribution in [0.4, 0.5) is 11.4 Å². The van der Waals surface area contributed by atoms with Crippen molar-refractivity contribution in [3.8, 4) is 5.75 Å². The van der Waals surface area contributed by atoms with Gasteiger partial charge in [0.05, 0.1) is 22.3 Å². The first-order valence-electron chi connectivity index (χ1n) is 11.4. The molecule has 2 N–H and O–H groups in total. The van der Waals surface area contributed by atoms with Crippen molar-refractivity contribution in [2.24, 2.45) is 0 Å². The molecule has 8 heteroatoms. The standard InChI is InChI=1S/C27H27Cl2N3O3/c1-18-5-2-8-21-24(18)31-26-22(9-4-10-23(26)27(33)34)25(21)30-19-6-3-7-20(17-19)35-16-15-32(13-11-28)14-12-29/h2-10,17H,11-16H2,1H3,(H,30,31)(H,33,34). The summed E-state index contributed by atoms with van der Waals surface area (Å²) in [4.78, 5) is 18.8. The van der Waals surface area contributed by atoms with Crippen molar-refractivity contribution in [2.45, 2.75) is 6.92 Å². The summed E-state index contributed by atoms with van der Waals surface area (Å²) in [5, 5.41) is 14.9. The summed E-state index contributed by atoms with van der Waals surface area (Å²) >= 11 is 11.7. The number of hydrogen-bond donors (Lipinski definition) is 2. The van der Waals surface area contributed by atoms with Gasteiger partial charge in [-0.05, 0) is 30.7 Å². The number of para-hydroxylation sites is 2. The van der Waals surface area contributed by atoms with Crippen LogP contribution in [0.25, 0.3) is 21.8 Å². The molecule has 0 aliphatic rings. The topological polar surface area (TPSA) is 74.7 Å². The van der Waals surface area contributed by atoms with Crippen LogP contribution in [0.3, 0.4) is 0 Å². The molecule has 0 aliphatic heterocycles. The van der Waals surface area contributed by atoms with Crippen LogP contribution in [0, 0.1) is 6.92 Å². The summed E-state index contributed by atoms with van der Waals surface area (Å²) in [6.07, 6.45) is 0. The molecule has 1 aromatic heterocycles. The van der Waals surface area contributed by atoms with E-state index in [2.05, 4.69) is 10.2 Å². The van der Waals surface area contributed by atoms with Gasteiger partial charge < -0.3 is 15.2 Å². The fourth-order valence-electron chi connectivity index (χ4n) is 4.11. The third kappa shape index (κ3) is 5.78. The third-order valence-corrected chi connectivity index (χ3v) is 6.19. The van der Waals surface area contributed by atoms with Crippen molar-refractivity contribution in [3.63, 3.8) is 0 Å². The average molecular weight is 512 g/mol.